The van der Waals surface area contributed by atoms with Crippen LogP contribution in [0.4, 0.5) is 39.5 Å². The fourth-order valence-electron chi connectivity index (χ4n) is 12.1. The van der Waals surface area contributed by atoms with Crippen molar-refractivity contribution in [3.8, 4) is 5.75 Å². The minimum Gasteiger partial charge on any atom is -0.480 e. The van der Waals surface area contributed by atoms with E-state index in [0.717, 1.165) is 0 Å². The van der Waals surface area contributed by atoms with Crippen molar-refractivity contribution in [3.63, 3.8) is 0 Å². The van der Waals surface area contributed by atoms with E-state index in [1.54, 1.807) is 6.07 Å². The van der Waals surface area contributed by atoms with E-state index in [1.807, 2.05) is 0 Å². The number of hydrogen-bond acceptors (Lipinski definition) is 12. The smallest absolute Gasteiger partial charge is 0.480 e. The lowest BCUT2D eigenvalue weighted by atomic mass is 9.39. The first-order valence-corrected chi connectivity index (χ1v) is 21.9. The maximum absolute atomic E-state index is 13.7. The van der Waals surface area contributed by atoms with Crippen LogP contribution in [0.5, 0.6) is 5.75 Å². The van der Waals surface area contributed by atoms with Crippen molar-refractivity contribution in [3.05, 3.63) is 51.8 Å². The predicted octanol–water partition coefficient (Wildman–Crippen LogP) is 7.74. The summed E-state index contributed by atoms with van der Waals surface area (Å²) in [5.41, 5.74) is -1.20. The number of carbonyl (C=O) groups excluding carboxylic acids is 2. The first-order valence-electron chi connectivity index (χ1n) is 21.5. The third-order valence-electron chi connectivity index (χ3n) is 15.1. The molecule has 0 saturated heterocycles. The number of rotatable bonds is 14. The van der Waals surface area contributed by atoms with Gasteiger partial charge in [0.05, 0.1) is 29.1 Å². The lowest BCUT2D eigenvalue weighted by Gasteiger charge is -2.68. The summed E-state index contributed by atoms with van der Waals surface area (Å²) in [6, 6.07) is 3.09. The van der Waals surface area contributed by atoms with Gasteiger partial charge in [0.2, 0.25) is 29.5 Å². The van der Waals surface area contributed by atoms with E-state index in [2.05, 4.69) is 45.2 Å². The Hall–Kier alpha value is -4.22. The minimum atomic E-state index is -4.97. The van der Waals surface area contributed by atoms with Crippen molar-refractivity contribution in [1.82, 2.24) is 31.0 Å². The van der Waals surface area contributed by atoms with Gasteiger partial charge in [-0.25, -0.2) is 0 Å². The number of carbonyl (C=O) groups is 2. The number of ether oxygens (including phenoxy) is 4. The molecule has 24 heteroatoms. The molecule has 14 nitrogen and oxygen atoms in total. The van der Waals surface area contributed by atoms with Crippen LogP contribution in [0.2, 0.25) is 5.02 Å². The van der Waals surface area contributed by atoms with E-state index in [1.165, 1.54) is 6.07 Å². The van der Waals surface area contributed by atoms with Gasteiger partial charge >= 0.3 is 19.1 Å². The Balaban J connectivity index is 0.704. The van der Waals surface area contributed by atoms with Gasteiger partial charge < -0.3 is 24.2 Å². The Labute approximate surface area is 367 Å². The van der Waals surface area contributed by atoms with Gasteiger partial charge in [-0.15, -0.1) is 59.9 Å². The topological polar surface area (TPSA) is 173 Å². The lowest BCUT2D eigenvalue weighted by Crippen LogP contribution is -2.77. The average molecular weight is 951 g/mol. The molecule has 10 aliphatic rings. The van der Waals surface area contributed by atoms with Gasteiger partial charge in [-0.05, 0) is 95.1 Å². The zero-order chi connectivity index (χ0) is 45.7. The fourth-order valence-corrected chi connectivity index (χ4v) is 12.4. The number of hydrogen-bond donors (Lipinski definition) is 2. The van der Waals surface area contributed by atoms with Crippen LogP contribution in [-0.2, 0) is 41.1 Å². The van der Waals surface area contributed by atoms with Gasteiger partial charge in [0.25, 0.3) is 5.91 Å². The molecule has 1 aromatic carbocycles. The van der Waals surface area contributed by atoms with Gasteiger partial charge in [-0.2, -0.15) is 0 Å². The molecule has 1 aliphatic heterocycles. The number of amides is 2. The molecule has 9 fully saturated rings. The second-order valence-electron chi connectivity index (χ2n) is 19.8. The highest BCUT2D eigenvalue weighted by Gasteiger charge is 2.73. The fraction of sp³-hybridized carbons (Fsp3) is 0.707. The molecule has 9 saturated carbocycles. The highest BCUT2D eigenvalue weighted by atomic mass is 35.5. The van der Waals surface area contributed by atoms with Gasteiger partial charge in [0.1, 0.15) is 5.75 Å². The van der Waals surface area contributed by atoms with E-state index < -0.39 is 83.2 Å². The van der Waals surface area contributed by atoms with E-state index >= 15 is 0 Å². The van der Waals surface area contributed by atoms with E-state index in [9.17, 15) is 49.1 Å². The van der Waals surface area contributed by atoms with E-state index in [0.29, 0.717) is 67.9 Å². The molecule has 2 N–H and O–H groups in total. The number of aromatic nitrogens is 4. The van der Waals surface area contributed by atoms with Crippen LogP contribution in [0, 0.1) is 5.92 Å². The van der Waals surface area contributed by atoms with Gasteiger partial charge in [-0.3, -0.25) is 23.8 Å². The third kappa shape index (κ3) is 7.82. The van der Waals surface area contributed by atoms with Crippen molar-refractivity contribution in [2.45, 2.75) is 173 Å². The average Bonchev–Trinajstić information content (AvgIpc) is 3.86. The van der Waals surface area contributed by atoms with Crippen LogP contribution in [0.3, 0.4) is 0 Å². The number of fused-ring (bicyclic) bond motifs is 1. The molecule has 3 aromatic rings. The van der Waals surface area contributed by atoms with Gasteiger partial charge in [-0.1, -0.05) is 11.6 Å². The highest BCUT2D eigenvalue weighted by Crippen LogP contribution is 2.69. The number of nitrogens with zero attached hydrogens (tertiary/aromatic N) is 4. The summed E-state index contributed by atoms with van der Waals surface area (Å²) in [7, 11) is 0. The molecule has 3 heterocycles. The van der Waals surface area contributed by atoms with Crippen LogP contribution in [-0.4, -0.2) is 86.8 Å². The Morgan fingerprint density at radius 3 is 1.88 bits per heavy atom. The quantitative estimate of drug-likeness (QED) is 0.151. The monoisotopic (exact) mass is 950 g/mol. The molecule has 0 radical (unpaired) electrons. The van der Waals surface area contributed by atoms with Crippen LogP contribution in [0.25, 0.3) is 0 Å². The Morgan fingerprint density at radius 1 is 0.723 bits per heavy atom. The molecule has 2 amide bonds. The Kier molecular flexibility index (Phi) is 9.60. The molecule has 4 unspecified atom stereocenters. The van der Waals surface area contributed by atoms with Gasteiger partial charge in [0, 0.05) is 57.8 Å². The Morgan fingerprint density at radius 2 is 1.28 bits per heavy atom. The number of halogens is 10. The molecule has 9 aliphatic carbocycles. The predicted molar refractivity (Wildman–Crippen MR) is 198 cm³/mol. The SMILES string of the molecule is O=C(CCC1CC(OC(F)(F)F)C1)NC12CC(c3nnc(C4CC(OC(F)(F)F)C4c4cc(Cl)cc5c4OC(C(=O)NC46CC(c7nnc(C8CC(OC(F)(F)F)C8)o7)(C4)C6)C5)o3)(C1)C2. The zero-order valence-electron chi connectivity index (χ0n) is 34.0. The largest absolute Gasteiger partial charge is 0.522 e. The summed E-state index contributed by atoms with van der Waals surface area (Å²) < 4.78 is 147. The number of alkyl halides is 9. The summed E-state index contributed by atoms with van der Waals surface area (Å²) in [6.07, 6.45) is -14.3. The molecule has 65 heavy (non-hydrogen) atoms. The van der Waals surface area contributed by atoms with Crippen LogP contribution in [0.1, 0.15) is 136 Å². The van der Waals surface area contributed by atoms with Crippen LogP contribution >= 0.6 is 11.6 Å². The first-order chi connectivity index (χ1) is 30.5. The van der Waals surface area contributed by atoms with Crippen molar-refractivity contribution >= 4 is 23.4 Å². The molecule has 4 bridgehead atoms. The van der Waals surface area contributed by atoms with Crippen molar-refractivity contribution in [2.75, 3.05) is 0 Å². The van der Waals surface area contributed by atoms with Crippen LogP contribution < -0.4 is 15.4 Å². The molecule has 4 atom stereocenters. The maximum Gasteiger partial charge on any atom is 0.522 e. The second kappa shape index (κ2) is 14.4. The molecular weight excluding hydrogens is 911 g/mol. The normalized spacial score (nSPS) is 37.4. The molecular formula is C41H40ClF9N6O8. The number of nitrogens with one attached hydrogen (secondary N) is 2. The number of benzene rings is 1. The van der Waals surface area contributed by atoms with E-state index in [-0.39, 0.29) is 85.2 Å². The summed E-state index contributed by atoms with van der Waals surface area (Å²) in [5, 5.41) is 23.1. The summed E-state index contributed by atoms with van der Waals surface area (Å²) in [4.78, 5) is 26.4. The molecule has 352 valence electrons. The highest BCUT2D eigenvalue weighted by molar-refractivity contribution is 6.30. The van der Waals surface area contributed by atoms with Crippen molar-refractivity contribution < 1.29 is 76.9 Å². The molecule has 0 spiro atoms. The standard InChI is InChI=1S/C41H40ClF9N6O8/c42-20-5-18-8-26(30(59)53-38-14-36(15-38,16-38)33-56-54-31(61-33)19-6-22(7-19)64-40(46,47)48)60-29(18)23(9-20)28-24(10-25(28)65-41(49,50)51)32-55-57-34(62-32)35-11-37(12-35,13-35)52-27(58)2-1-17-3-21(4-17)63-39(43,44)45/h5,9,17,19,21-22,24-26,28H,1-4,6-8,10-16H2,(H,52,58)(H,53,59). The molecule has 13 rings (SSSR count). The molecule has 2 aromatic heterocycles. The van der Waals surface area contributed by atoms with Crippen molar-refractivity contribution in [2.24, 2.45) is 5.92 Å². The second-order valence-corrected chi connectivity index (χ2v) is 20.2. The third-order valence-corrected chi connectivity index (χ3v) is 15.3. The first kappa shape index (κ1) is 43.4. The van der Waals surface area contributed by atoms with Gasteiger partial charge in [0.15, 0.2) is 6.10 Å². The maximum atomic E-state index is 13.7. The van der Waals surface area contributed by atoms with Crippen molar-refractivity contribution in [1.29, 1.82) is 0 Å². The minimum absolute atomic E-state index is 0.0217. The zero-order valence-corrected chi connectivity index (χ0v) is 34.8. The summed E-state index contributed by atoms with van der Waals surface area (Å²) in [5.74, 6) is -1.47. The Bertz CT molecular complexity index is 2370. The summed E-state index contributed by atoms with van der Waals surface area (Å²) in [6.45, 7) is 0. The summed E-state index contributed by atoms with van der Waals surface area (Å²) >= 11 is 6.54. The van der Waals surface area contributed by atoms with E-state index in [4.69, 9.17) is 25.2 Å². The van der Waals surface area contributed by atoms with Crippen LogP contribution in [0.15, 0.2) is 21.0 Å². The lowest BCUT2D eigenvalue weighted by molar-refractivity contribution is -0.356.